The molecule has 3 aliphatic heterocycles. The first-order valence-electron chi connectivity index (χ1n) is 48.3. The van der Waals surface area contributed by atoms with Gasteiger partial charge in [0.05, 0.1) is 125 Å². The van der Waals surface area contributed by atoms with Crippen LogP contribution in [0.1, 0.15) is 146 Å². The first-order chi connectivity index (χ1) is 70.1. The molecule has 0 N–H and O–H groups in total. The zero-order valence-corrected chi connectivity index (χ0v) is 90.6. The number of benzene rings is 9. The van der Waals surface area contributed by atoms with Gasteiger partial charge < -0.3 is 81.7 Å². The van der Waals surface area contributed by atoms with Gasteiger partial charge in [-0.15, -0.1) is 44.1 Å². The quantitative estimate of drug-likeness (QED) is 0.0270. The fourth-order valence-electron chi connectivity index (χ4n) is 20.6. The van der Waals surface area contributed by atoms with E-state index in [1.54, 1.807) is 91.4 Å². The summed E-state index contributed by atoms with van der Waals surface area (Å²) in [5, 5.41) is 0. The summed E-state index contributed by atoms with van der Waals surface area (Å²) in [6.45, 7) is 11.1. The molecule has 0 saturated carbocycles. The molecule has 9 aromatic carbocycles. The van der Waals surface area contributed by atoms with Gasteiger partial charge in [0.1, 0.15) is 0 Å². The van der Waals surface area contributed by atoms with Crippen molar-refractivity contribution in [2.75, 3.05) is 90.2 Å². The monoisotopic (exact) mass is 2020 g/mol. The molecule has 722 valence electrons. The van der Waals surface area contributed by atoms with Gasteiger partial charge in [-0.05, 0) is 260 Å². The third kappa shape index (κ3) is 19.6. The number of methoxy groups -OCH3 is 12. The van der Waals surface area contributed by atoms with Crippen LogP contribution in [0.25, 0.3) is 177 Å². The second-order valence-corrected chi connectivity index (χ2v) is 35.5. The van der Waals surface area contributed by atoms with Gasteiger partial charge in [-0.2, -0.15) is 0 Å². The van der Waals surface area contributed by atoms with Crippen molar-refractivity contribution in [2.24, 2.45) is 0 Å². The van der Waals surface area contributed by atoms with E-state index >= 15 is 0 Å². The smallest absolute Gasteiger partial charge is 0.657 e. The number of rotatable bonds is 34. The van der Waals surface area contributed by atoms with Crippen LogP contribution in [0, 0.1) is 6.92 Å². The number of para-hydroxylation sites is 2. The van der Waals surface area contributed by atoms with Gasteiger partial charge in [-0.1, -0.05) is 211 Å². The van der Waals surface area contributed by atoms with E-state index in [1.807, 2.05) is 110 Å². The van der Waals surface area contributed by atoms with E-state index in [1.165, 1.54) is 11.1 Å². The average molecular weight is 2030 g/mol. The molecule has 15 aromatic rings. The number of hydrogen-bond donors (Lipinski definition) is 0. The molecule has 0 amide bonds. The van der Waals surface area contributed by atoms with Crippen LogP contribution >= 0.6 is 0 Å². The van der Waals surface area contributed by atoms with Gasteiger partial charge >= 0.3 is 39.0 Å². The number of anilines is 3. The van der Waals surface area contributed by atoms with Gasteiger partial charge in [-0.25, -0.2) is 15.0 Å². The third-order valence-electron chi connectivity index (χ3n) is 27.3. The molecule has 4 aliphatic rings. The number of ether oxygens (including phenoxy) is 12. The van der Waals surface area contributed by atoms with Crippen LogP contribution in [0.15, 0.2) is 231 Å². The molecule has 145 heavy (non-hydrogen) atoms. The molecule has 19 rings (SSSR count). The predicted octanol–water partition coefficient (Wildman–Crippen LogP) is 28.6. The van der Waals surface area contributed by atoms with E-state index in [0.29, 0.717) is 181 Å². The number of aromatic nitrogens is 8. The normalized spacial score (nSPS) is 12.1. The van der Waals surface area contributed by atoms with Crippen molar-refractivity contribution in [3.63, 3.8) is 0 Å². The second-order valence-electron chi connectivity index (χ2n) is 35.5. The van der Waals surface area contributed by atoms with Crippen LogP contribution in [-0.4, -0.2) is 105 Å². The summed E-state index contributed by atoms with van der Waals surface area (Å²) in [5.74, 6) is 5.47. The van der Waals surface area contributed by atoms with Gasteiger partial charge in [0.2, 0.25) is 23.0 Å². The maximum atomic E-state index is 6.19. The van der Waals surface area contributed by atoms with Gasteiger partial charge in [0.25, 0.3) is 0 Å². The van der Waals surface area contributed by atoms with Crippen molar-refractivity contribution >= 4 is 116 Å². The fourth-order valence-corrected chi connectivity index (χ4v) is 20.6. The molecule has 23 heteroatoms. The van der Waals surface area contributed by atoms with Crippen molar-refractivity contribution in [3.05, 3.63) is 299 Å². The summed E-state index contributed by atoms with van der Waals surface area (Å²) in [7, 11) is 19.4. The number of unbranched alkanes of at least 4 members (excludes halogenated alkanes) is 6. The summed E-state index contributed by atoms with van der Waals surface area (Å²) >= 11 is 0. The predicted molar refractivity (Wildman–Crippen MR) is 578 cm³/mol. The molecular formula is C122H113N9O12Zn2. The standard InChI is InChI=1S/C122H113N9O12.2Zn/c1-17-20-22-30-60-122(61-31-23-21-18-2)89-62-75(39-46-87(89)88-47-40-76(63-90(88)122)113-96-53-57-101(128-96)115(78-66-106(134-7)119(141-14)107(67-78)135-8)93-48-41-81(124-93)72-82-42-49-94(125-82)116(102-58-54-97(113)129-102)79-68-108(136-9)120(142-15)109(69-79)137-10)112-95-52-56-99(127-95)114(77-64-104(132-5)118(140-13)105(65-77)133-6)91(19-3)123-73(4)86(45-38-74-36-43-85(44-37-74)131(83-32-26-24-27-33-83)84-34-28-25-29-35-84)92-50-51-100(126-92)117(103-59-55-98(112)130-103)80-70-110(138-11)121(143-16)111(71-80)139-12;;/h19,24-29,32-59,62-72H,3,17-18,20-23,30-31,60-61H2,1-2,4-16H3;;/q-4;2*+2/b45-38+,81-72?,82-72?,86-73?,92-86?,112-95?,112-98?,113-96?,113-97?,114-91?,114-99?,115-93?,115-101?,116-94?,116-102?,117-100?,117-103?,123-73?,123-91?;;. The Morgan fingerprint density at radius 3 is 1.03 bits per heavy atom. The van der Waals surface area contributed by atoms with E-state index in [4.69, 9.17) is 96.7 Å². The molecule has 1 aliphatic carbocycles. The van der Waals surface area contributed by atoms with Crippen LogP contribution in [0.2, 0.25) is 0 Å². The summed E-state index contributed by atoms with van der Waals surface area (Å²) in [5.41, 5.74) is 28.4. The van der Waals surface area contributed by atoms with E-state index < -0.39 is 5.41 Å². The summed E-state index contributed by atoms with van der Waals surface area (Å²) in [6.07, 6.45) is 28.3. The third-order valence-corrected chi connectivity index (χ3v) is 27.3. The number of fused-ring (bicyclic) bond motifs is 17. The van der Waals surface area contributed by atoms with Crippen LogP contribution < -0.4 is 81.7 Å². The minimum absolute atomic E-state index is 0. The Labute approximate surface area is 871 Å². The molecule has 21 nitrogen and oxygen atoms in total. The van der Waals surface area contributed by atoms with E-state index in [0.717, 1.165) is 148 Å². The topological polar surface area (TPSA) is 222 Å². The molecule has 0 spiro atoms. The molecule has 0 radical (unpaired) electrons. The molecule has 0 fully saturated rings. The van der Waals surface area contributed by atoms with Crippen LogP contribution in [-0.2, 0) is 44.4 Å². The van der Waals surface area contributed by atoms with E-state index in [2.05, 4.69) is 195 Å². The van der Waals surface area contributed by atoms with Crippen molar-refractivity contribution < 1.29 is 95.8 Å². The zero-order chi connectivity index (χ0) is 99.1. The largest absolute Gasteiger partial charge is 2.00 e. The fraction of sp³-hybridized carbons (Fsp3) is 0.213. The first kappa shape index (κ1) is 101. The number of nitrogens with zero attached hydrogens (tertiary/aromatic N) is 9. The Balaban J connectivity index is 0.00000720. The van der Waals surface area contributed by atoms with E-state index in [9.17, 15) is 0 Å². The first-order valence-corrected chi connectivity index (χ1v) is 48.3. The summed E-state index contributed by atoms with van der Waals surface area (Å²) in [4.78, 5) is 47.8. The number of hydrogen-bond acceptors (Lipinski definition) is 17. The van der Waals surface area contributed by atoms with Crippen LogP contribution in [0.4, 0.5) is 17.1 Å². The minimum atomic E-state index is -0.561. The molecule has 9 heterocycles. The van der Waals surface area contributed by atoms with Crippen molar-refractivity contribution in [3.8, 4) is 147 Å². The average Bonchev–Trinajstić information content (AvgIpc) is 1.55. The van der Waals surface area contributed by atoms with Crippen molar-refractivity contribution in [1.29, 1.82) is 0 Å². The minimum Gasteiger partial charge on any atom is -0.657 e. The van der Waals surface area contributed by atoms with Crippen LogP contribution in [0.5, 0.6) is 69.0 Å². The number of aryl methyl sites for hydroxylation is 1. The maximum absolute atomic E-state index is 6.19. The Morgan fingerprint density at radius 2 is 0.648 bits per heavy atom. The second kappa shape index (κ2) is 44.6. The molecule has 0 saturated heterocycles. The summed E-state index contributed by atoms with van der Waals surface area (Å²) in [6, 6.07) is 77.4. The molecule has 6 aromatic heterocycles. The van der Waals surface area contributed by atoms with Crippen molar-refractivity contribution in [1.82, 2.24) is 39.9 Å². The summed E-state index contributed by atoms with van der Waals surface area (Å²) < 4.78 is 72.9. The Hall–Kier alpha value is -15.4. The molecule has 0 atom stereocenters. The Bertz CT molecular complexity index is 7700. The Kier molecular flexibility index (Phi) is 31.1. The zero-order valence-electron chi connectivity index (χ0n) is 84.7. The van der Waals surface area contributed by atoms with Gasteiger partial charge in [-0.3, -0.25) is 4.98 Å². The maximum Gasteiger partial charge on any atom is 2.00 e. The molecule has 14 bridgehead atoms. The van der Waals surface area contributed by atoms with E-state index in [-0.39, 0.29) is 39.0 Å². The molecule has 0 unspecified atom stereocenters. The SMILES string of the molecule is C=Cc1nc(C)c(/C=C/c2ccc(N(c3ccccc3)c3ccccc3)cc2)c2ccc([n-]2)c(-c2cc(OC)c(OC)c(OC)c2)c2nc(c(-c3ccc4c(c3)C(CCCCCC)(CCCCCC)c3cc(-c5c6nc(c(-c7cc(OC)c(OC)c(OC)c7)c7ccc(cc8nc(c(-c9cc(OC)c(OC)c(OC)c9)c9ccc5[n-]9)C=C8)[n-]7)C=C6)ccc3-4)c3ccc([n-]3)c1-c1cc(OC)c(OC)c(OC)c1)C=C2.[Zn+2].[Zn+2]. The van der Waals surface area contributed by atoms with Crippen LogP contribution in [0.3, 0.4) is 0 Å². The van der Waals surface area contributed by atoms with Crippen molar-refractivity contribution in [2.45, 2.75) is 90.4 Å². The van der Waals surface area contributed by atoms with Gasteiger partial charge in [0.15, 0.2) is 46.0 Å². The Morgan fingerprint density at radius 1 is 0.310 bits per heavy atom. The van der Waals surface area contributed by atoms with Gasteiger partial charge in [0, 0.05) is 28.2 Å². The molecular weight excluding hydrogens is 1910 g/mol.